The van der Waals surface area contributed by atoms with Crippen molar-refractivity contribution in [3.8, 4) is 22.9 Å². The minimum absolute atomic E-state index is 0.209. The summed E-state index contributed by atoms with van der Waals surface area (Å²) in [4.78, 5) is 15.0. The van der Waals surface area contributed by atoms with E-state index in [1.54, 1.807) is 7.11 Å². The summed E-state index contributed by atoms with van der Waals surface area (Å²) in [5, 5.41) is 9.37. The molecule has 0 fully saturated rings. The van der Waals surface area contributed by atoms with Crippen molar-refractivity contribution in [1.29, 1.82) is 5.26 Å². The van der Waals surface area contributed by atoms with E-state index >= 15 is 0 Å². The van der Waals surface area contributed by atoms with E-state index in [1.165, 1.54) is 0 Å². The molecule has 0 aliphatic heterocycles. The molecular formula is C17H16N2O2. The van der Waals surface area contributed by atoms with Gasteiger partial charge in [-0.05, 0) is 48.9 Å². The number of aromatic amines is 1. The molecule has 1 aromatic carbocycles. The second-order valence-corrected chi connectivity index (χ2v) is 5.21. The molecule has 0 spiro atoms. The normalized spacial score (nSPS) is 13.3. The maximum atomic E-state index is 12.1. The van der Waals surface area contributed by atoms with E-state index in [0.29, 0.717) is 0 Å². The Bertz CT molecular complexity index is 767. The average Bonchev–Trinajstić information content (AvgIpc) is 2.53. The first-order valence-corrected chi connectivity index (χ1v) is 7.07. The molecule has 1 aromatic heterocycles. The van der Waals surface area contributed by atoms with Gasteiger partial charge in [-0.2, -0.15) is 5.26 Å². The Balaban J connectivity index is 2.26. The number of nitrogens with one attached hydrogen (secondary N) is 1. The summed E-state index contributed by atoms with van der Waals surface area (Å²) in [7, 11) is 1.62. The van der Waals surface area contributed by atoms with Crippen LogP contribution in [-0.2, 0) is 12.8 Å². The van der Waals surface area contributed by atoms with Gasteiger partial charge in [0.05, 0.1) is 7.11 Å². The fourth-order valence-electron chi connectivity index (χ4n) is 2.97. The third kappa shape index (κ3) is 2.31. The zero-order valence-corrected chi connectivity index (χ0v) is 11.9. The molecule has 1 heterocycles. The van der Waals surface area contributed by atoms with Crippen molar-refractivity contribution in [1.82, 2.24) is 4.98 Å². The van der Waals surface area contributed by atoms with Gasteiger partial charge >= 0.3 is 0 Å². The molecule has 0 bridgehead atoms. The number of aromatic nitrogens is 1. The minimum atomic E-state index is -0.288. The van der Waals surface area contributed by atoms with Gasteiger partial charge in [0.1, 0.15) is 17.4 Å². The molecule has 106 valence electrons. The zero-order chi connectivity index (χ0) is 14.8. The number of nitrogens with zero attached hydrogens (tertiary/aromatic N) is 1. The molecule has 0 radical (unpaired) electrons. The molecule has 0 amide bonds. The van der Waals surface area contributed by atoms with Gasteiger partial charge in [-0.25, -0.2) is 0 Å². The minimum Gasteiger partial charge on any atom is -0.497 e. The number of H-pyrrole nitrogens is 1. The van der Waals surface area contributed by atoms with Crippen molar-refractivity contribution in [3.05, 3.63) is 51.4 Å². The molecule has 1 aliphatic rings. The highest BCUT2D eigenvalue weighted by atomic mass is 16.5. The van der Waals surface area contributed by atoms with Crippen molar-refractivity contribution in [3.63, 3.8) is 0 Å². The predicted molar refractivity (Wildman–Crippen MR) is 80.4 cm³/mol. The number of methoxy groups -OCH3 is 1. The van der Waals surface area contributed by atoms with Crippen LogP contribution in [-0.4, -0.2) is 12.1 Å². The van der Waals surface area contributed by atoms with Crippen LogP contribution in [0.15, 0.2) is 29.1 Å². The van der Waals surface area contributed by atoms with E-state index < -0.39 is 0 Å². The van der Waals surface area contributed by atoms with Gasteiger partial charge in [-0.1, -0.05) is 12.1 Å². The Labute approximate surface area is 123 Å². The molecule has 1 N–H and O–H groups in total. The quantitative estimate of drug-likeness (QED) is 0.919. The maximum Gasteiger partial charge on any atom is 0.266 e. The number of nitriles is 1. The van der Waals surface area contributed by atoms with Gasteiger partial charge in [-0.3, -0.25) is 4.79 Å². The summed E-state index contributed by atoms with van der Waals surface area (Å²) in [6.07, 6.45) is 3.95. The lowest BCUT2D eigenvalue weighted by atomic mass is 9.87. The van der Waals surface area contributed by atoms with E-state index in [9.17, 15) is 10.1 Å². The SMILES string of the molecule is COc1ccc(-c2c3c([nH]c(=O)c2C#N)CCCC3)cc1. The number of hydrogen-bond acceptors (Lipinski definition) is 3. The van der Waals surface area contributed by atoms with E-state index in [1.807, 2.05) is 24.3 Å². The Hall–Kier alpha value is -2.54. The van der Waals surface area contributed by atoms with Crippen LogP contribution in [0.4, 0.5) is 0 Å². The molecule has 3 rings (SSSR count). The first-order chi connectivity index (χ1) is 10.2. The van der Waals surface area contributed by atoms with Crippen molar-refractivity contribution >= 4 is 0 Å². The molecule has 0 saturated carbocycles. The monoisotopic (exact) mass is 280 g/mol. The third-order valence-electron chi connectivity index (χ3n) is 4.00. The molecule has 4 nitrogen and oxygen atoms in total. The van der Waals surface area contributed by atoms with E-state index in [2.05, 4.69) is 11.1 Å². The number of pyridine rings is 1. The van der Waals surface area contributed by atoms with Crippen LogP contribution in [0.2, 0.25) is 0 Å². The van der Waals surface area contributed by atoms with Crippen LogP contribution in [0.3, 0.4) is 0 Å². The maximum absolute atomic E-state index is 12.1. The van der Waals surface area contributed by atoms with Crippen molar-refractivity contribution < 1.29 is 4.74 Å². The Morgan fingerprint density at radius 2 is 1.90 bits per heavy atom. The highest BCUT2D eigenvalue weighted by Crippen LogP contribution is 2.32. The molecule has 4 heteroatoms. The summed E-state index contributed by atoms with van der Waals surface area (Å²) >= 11 is 0. The van der Waals surface area contributed by atoms with Crippen LogP contribution < -0.4 is 10.3 Å². The van der Waals surface area contributed by atoms with Crippen molar-refractivity contribution in [2.75, 3.05) is 7.11 Å². The fourth-order valence-corrected chi connectivity index (χ4v) is 2.97. The topological polar surface area (TPSA) is 65.9 Å². The van der Waals surface area contributed by atoms with Gasteiger partial charge in [0.2, 0.25) is 0 Å². The molecule has 0 atom stereocenters. The molecule has 21 heavy (non-hydrogen) atoms. The van der Waals surface area contributed by atoms with Gasteiger partial charge in [-0.15, -0.1) is 0 Å². The molecular weight excluding hydrogens is 264 g/mol. The first-order valence-electron chi connectivity index (χ1n) is 7.07. The molecule has 2 aromatic rings. The van der Waals surface area contributed by atoms with E-state index in [-0.39, 0.29) is 11.1 Å². The summed E-state index contributed by atoms with van der Waals surface area (Å²) in [6, 6.07) is 9.59. The summed E-state index contributed by atoms with van der Waals surface area (Å²) in [5.74, 6) is 0.760. The lowest BCUT2D eigenvalue weighted by Crippen LogP contribution is -2.20. The molecule has 0 saturated heterocycles. The smallest absolute Gasteiger partial charge is 0.266 e. The Morgan fingerprint density at radius 3 is 2.57 bits per heavy atom. The summed E-state index contributed by atoms with van der Waals surface area (Å²) in [6.45, 7) is 0. The van der Waals surface area contributed by atoms with Crippen molar-refractivity contribution in [2.45, 2.75) is 25.7 Å². The zero-order valence-electron chi connectivity index (χ0n) is 11.9. The Morgan fingerprint density at radius 1 is 1.19 bits per heavy atom. The van der Waals surface area contributed by atoms with Gasteiger partial charge < -0.3 is 9.72 Å². The Kier molecular flexibility index (Phi) is 3.49. The number of rotatable bonds is 2. The number of ether oxygens (including phenoxy) is 1. The van der Waals surface area contributed by atoms with E-state index in [4.69, 9.17) is 4.74 Å². The van der Waals surface area contributed by atoms with E-state index in [0.717, 1.165) is 53.8 Å². The largest absolute Gasteiger partial charge is 0.497 e. The predicted octanol–water partition coefficient (Wildman–Crippen LogP) is 2.80. The number of hydrogen-bond donors (Lipinski definition) is 1. The number of benzene rings is 1. The van der Waals surface area contributed by atoms with Crippen LogP contribution in [0.1, 0.15) is 29.7 Å². The van der Waals surface area contributed by atoms with Gasteiger partial charge in [0.25, 0.3) is 5.56 Å². The van der Waals surface area contributed by atoms with Crippen LogP contribution >= 0.6 is 0 Å². The highest BCUT2D eigenvalue weighted by Gasteiger charge is 2.21. The van der Waals surface area contributed by atoms with Crippen LogP contribution in [0.5, 0.6) is 5.75 Å². The number of aryl methyl sites for hydroxylation is 1. The third-order valence-corrected chi connectivity index (χ3v) is 4.00. The van der Waals surface area contributed by atoms with Gasteiger partial charge in [0.15, 0.2) is 0 Å². The molecule has 0 unspecified atom stereocenters. The summed E-state index contributed by atoms with van der Waals surface area (Å²) in [5.41, 5.74) is 3.71. The first kappa shape index (κ1) is 13.4. The summed E-state index contributed by atoms with van der Waals surface area (Å²) < 4.78 is 5.17. The van der Waals surface area contributed by atoms with Crippen LogP contribution in [0.25, 0.3) is 11.1 Å². The second-order valence-electron chi connectivity index (χ2n) is 5.21. The number of fused-ring (bicyclic) bond motifs is 1. The standard InChI is InChI=1S/C17H16N2O2/c1-21-12-8-6-11(7-9-12)16-13-4-2-3-5-15(13)19-17(20)14(16)10-18/h6-9H,2-5H2,1H3,(H,19,20). The lowest BCUT2D eigenvalue weighted by Gasteiger charge is -2.20. The fraction of sp³-hybridized carbons (Fsp3) is 0.294. The van der Waals surface area contributed by atoms with Crippen molar-refractivity contribution in [2.24, 2.45) is 0 Å². The lowest BCUT2D eigenvalue weighted by molar-refractivity contribution is 0.415. The molecule has 1 aliphatic carbocycles. The van der Waals surface area contributed by atoms with Crippen LogP contribution in [0, 0.1) is 11.3 Å². The van der Waals surface area contributed by atoms with Gasteiger partial charge in [0, 0.05) is 11.3 Å². The second kappa shape index (κ2) is 5.45. The average molecular weight is 280 g/mol. The highest BCUT2D eigenvalue weighted by molar-refractivity contribution is 5.74.